The molecule has 1 heterocycles. The molecule has 20 heavy (non-hydrogen) atoms. The number of hydrogen-bond donors (Lipinski definition) is 1. The average molecular weight is 327 g/mol. The van der Waals surface area contributed by atoms with Gasteiger partial charge in [-0.2, -0.15) is 0 Å². The van der Waals surface area contributed by atoms with Crippen molar-refractivity contribution in [3.8, 4) is 0 Å². The first-order chi connectivity index (χ1) is 9.72. The molecule has 0 aliphatic rings. The van der Waals surface area contributed by atoms with E-state index in [0.29, 0.717) is 5.69 Å². The van der Waals surface area contributed by atoms with Gasteiger partial charge in [0, 0.05) is 16.1 Å². The maximum atomic E-state index is 10.1. The smallest absolute Gasteiger partial charge is 0.125 e. The summed E-state index contributed by atoms with van der Waals surface area (Å²) < 4.78 is 0.972. The zero-order valence-electron chi connectivity index (χ0n) is 10.5. The molecule has 0 atom stereocenters. The van der Waals surface area contributed by atoms with E-state index in [1.165, 1.54) is 0 Å². The van der Waals surface area contributed by atoms with Gasteiger partial charge >= 0.3 is 0 Å². The van der Waals surface area contributed by atoms with E-state index < -0.39 is 0 Å². The Labute approximate surface area is 124 Å². The quantitative estimate of drug-likeness (QED) is 0.708. The second kappa shape index (κ2) is 5.43. The molecule has 0 aliphatic heterocycles. The van der Waals surface area contributed by atoms with Crippen molar-refractivity contribution in [1.29, 1.82) is 0 Å². The topological polar surface area (TPSA) is 46.0 Å². The monoisotopic (exact) mass is 326 g/mol. The van der Waals surface area contributed by atoms with Crippen LogP contribution in [0.15, 0.2) is 59.2 Å². The van der Waals surface area contributed by atoms with Crippen molar-refractivity contribution < 1.29 is 5.11 Å². The molecule has 3 aromatic rings. The molecule has 0 radical (unpaired) electrons. The number of aliphatic hydroxyl groups is 1. The molecule has 98 valence electrons. The van der Waals surface area contributed by atoms with Crippen LogP contribution >= 0.6 is 15.9 Å². The molecule has 1 aromatic heterocycles. The molecule has 0 saturated carbocycles. The van der Waals surface area contributed by atoms with E-state index in [9.17, 15) is 5.11 Å². The van der Waals surface area contributed by atoms with Gasteiger partial charge in [0.15, 0.2) is 0 Å². The first kappa shape index (κ1) is 12.8. The summed E-state index contributed by atoms with van der Waals surface area (Å²) in [7, 11) is 0. The van der Waals surface area contributed by atoms with E-state index in [2.05, 4.69) is 25.9 Å². The number of aromatic nitrogens is 2. The van der Waals surface area contributed by atoms with Gasteiger partial charge in [0.1, 0.15) is 5.76 Å². The lowest BCUT2D eigenvalue weighted by atomic mass is 10.1. The van der Waals surface area contributed by atoms with E-state index in [1.54, 1.807) is 12.3 Å². The fraction of sp³-hybridized carbons (Fsp3) is 0. The van der Waals surface area contributed by atoms with Gasteiger partial charge in [-0.15, -0.1) is 0 Å². The van der Waals surface area contributed by atoms with E-state index in [4.69, 9.17) is 0 Å². The Morgan fingerprint density at radius 3 is 2.45 bits per heavy atom. The van der Waals surface area contributed by atoms with Gasteiger partial charge in [-0.3, -0.25) is 4.98 Å². The molecule has 0 amide bonds. The molecule has 0 saturated heterocycles. The van der Waals surface area contributed by atoms with Crippen molar-refractivity contribution in [3.05, 3.63) is 70.5 Å². The fourth-order valence-corrected chi connectivity index (χ4v) is 2.15. The van der Waals surface area contributed by atoms with E-state index in [1.807, 2.05) is 48.5 Å². The predicted molar refractivity (Wildman–Crippen MR) is 84.2 cm³/mol. The van der Waals surface area contributed by atoms with Crippen LogP contribution in [-0.4, -0.2) is 15.1 Å². The summed E-state index contributed by atoms with van der Waals surface area (Å²) >= 11 is 3.37. The SMILES string of the molecule is O/C(=C\c1cnc2ccccc2n1)c1ccc(Br)cc1. The highest BCUT2D eigenvalue weighted by Crippen LogP contribution is 2.18. The Kier molecular flexibility index (Phi) is 3.48. The van der Waals surface area contributed by atoms with Crippen LogP contribution in [0.3, 0.4) is 0 Å². The van der Waals surface area contributed by atoms with Crippen LogP contribution in [0.4, 0.5) is 0 Å². The third-order valence-electron chi connectivity index (χ3n) is 2.89. The van der Waals surface area contributed by atoms with E-state index in [-0.39, 0.29) is 5.76 Å². The minimum atomic E-state index is 0.169. The second-order valence-electron chi connectivity index (χ2n) is 4.32. The largest absolute Gasteiger partial charge is 0.507 e. The Morgan fingerprint density at radius 1 is 1.00 bits per heavy atom. The summed E-state index contributed by atoms with van der Waals surface area (Å²) in [6, 6.07) is 15.1. The summed E-state index contributed by atoms with van der Waals surface area (Å²) in [4.78, 5) is 8.77. The molecule has 0 unspecified atom stereocenters. The van der Waals surface area contributed by atoms with E-state index in [0.717, 1.165) is 21.1 Å². The lowest BCUT2D eigenvalue weighted by Crippen LogP contribution is -1.89. The Balaban J connectivity index is 1.98. The number of benzene rings is 2. The van der Waals surface area contributed by atoms with Crippen molar-refractivity contribution in [3.63, 3.8) is 0 Å². The molecule has 1 N–H and O–H groups in total. The van der Waals surface area contributed by atoms with Gasteiger partial charge < -0.3 is 5.11 Å². The summed E-state index contributed by atoms with van der Waals surface area (Å²) in [5.74, 6) is 0.169. The molecule has 0 fully saturated rings. The molecule has 3 nitrogen and oxygen atoms in total. The zero-order valence-corrected chi connectivity index (χ0v) is 12.1. The van der Waals surface area contributed by atoms with Crippen LogP contribution in [0.5, 0.6) is 0 Å². The molecule has 3 rings (SSSR count). The van der Waals surface area contributed by atoms with Gasteiger partial charge in [0.25, 0.3) is 0 Å². The highest BCUT2D eigenvalue weighted by Gasteiger charge is 2.02. The van der Waals surface area contributed by atoms with Crippen LogP contribution < -0.4 is 0 Å². The van der Waals surface area contributed by atoms with Crippen LogP contribution in [-0.2, 0) is 0 Å². The lowest BCUT2D eigenvalue weighted by molar-refractivity contribution is 0.515. The Morgan fingerprint density at radius 2 is 1.70 bits per heavy atom. The van der Waals surface area contributed by atoms with Crippen LogP contribution in [0.25, 0.3) is 22.9 Å². The number of hydrogen-bond acceptors (Lipinski definition) is 3. The molecule has 4 heteroatoms. The normalized spacial score (nSPS) is 11.8. The molecule has 2 aromatic carbocycles. The summed E-state index contributed by atoms with van der Waals surface area (Å²) in [6.45, 7) is 0. The van der Waals surface area contributed by atoms with Crippen molar-refractivity contribution in [2.45, 2.75) is 0 Å². The molecule has 0 aliphatic carbocycles. The number of para-hydroxylation sites is 2. The molecule has 0 spiro atoms. The summed E-state index contributed by atoms with van der Waals surface area (Å²) in [6.07, 6.45) is 3.26. The summed E-state index contributed by atoms with van der Waals surface area (Å²) in [5.41, 5.74) is 3.02. The summed E-state index contributed by atoms with van der Waals surface area (Å²) in [5, 5.41) is 10.1. The highest BCUT2D eigenvalue weighted by atomic mass is 79.9. The van der Waals surface area contributed by atoms with Crippen molar-refractivity contribution in [2.75, 3.05) is 0 Å². The first-order valence-corrected chi connectivity index (χ1v) is 6.90. The minimum absolute atomic E-state index is 0.169. The van der Waals surface area contributed by atoms with Crippen molar-refractivity contribution >= 4 is 38.8 Å². The molecular formula is C16H11BrN2O. The highest BCUT2D eigenvalue weighted by molar-refractivity contribution is 9.10. The standard InChI is InChI=1S/C16H11BrN2O/c17-12-7-5-11(6-8-12)16(20)9-13-10-18-14-3-1-2-4-15(14)19-13/h1-10,20H/b16-9-. The maximum absolute atomic E-state index is 10.1. The number of aliphatic hydroxyl groups excluding tert-OH is 1. The number of fused-ring (bicyclic) bond motifs is 1. The average Bonchev–Trinajstić information content (AvgIpc) is 2.48. The minimum Gasteiger partial charge on any atom is -0.507 e. The number of rotatable bonds is 2. The second-order valence-corrected chi connectivity index (χ2v) is 5.24. The van der Waals surface area contributed by atoms with E-state index >= 15 is 0 Å². The Bertz CT molecular complexity index is 782. The lowest BCUT2D eigenvalue weighted by Gasteiger charge is -2.02. The molecule has 0 bridgehead atoms. The zero-order chi connectivity index (χ0) is 13.9. The van der Waals surface area contributed by atoms with Crippen LogP contribution in [0.2, 0.25) is 0 Å². The van der Waals surface area contributed by atoms with Gasteiger partial charge in [0.2, 0.25) is 0 Å². The first-order valence-electron chi connectivity index (χ1n) is 6.11. The maximum Gasteiger partial charge on any atom is 0.125 e. The predicted octanol–water partition coefficient (Wildman–Crippen LogP) is 4.45. The van der Waals surface area contributed by atoms with Crippen LogP contribution in [0.1, 0.15) is 11.3 Å². The number of nitrogens with zero attached hydrogens (tertiary/aromatic N) is 2. The van der Waals surface area contributed by atoms with Gasteiger partial charge in [-0.25, -0.2) is 4.98 Å². The van der Waals surface area contributed by atoms with Gasteiger partial charge in [-0.05, 0) is 24.3 Å². The number of halogens is 1. The van der Waals surface area contributed by atoms with Crippen LogP contribution in [0, 0.1) is 0 Å². The van der Waals surface area contributed by atoms with Crippen molar-refractivity contribution in [2.24, 2.45) is 0 Å². The molecular weight excluding hydrogens is 316 g/mol. The third kappa shape index (κ3) is 2.70. The van der Waals surface area contributed by atoms with Crippen molar-refractivity contribution in [1.82, 2.24) is 9.97 Å². The fourth-order valence-electron chi connectivity index (χ4n) is 1.89. The van der Waals surface area contributed by atoms with Gasteiger partial charge in [0.05, 0.1) is 22.9 Å². The van der Waals surface area contributed by atoms with Gasteiger partial charge in [-0.1, -0.05) is 40.2 Å². The third-order valence-corrected chi connectivity index (χ3v) is 3.42. The Hall–Kier alpha value is -2.20.